The predicted molar refractivity (Wildman–Crippen MR) is 81.2 cm³/mol. The largest absolute Gasteiger partial charge is 0.480 e. The number of carbonyl (C=O) groups excluding carboxylic acids is 1. The van der Waals surface area contributed by atoms with E-state index in [1.165, 1.54) is 0 Å². The number of carboxylic acids is 1. The van der Waals surface area contributed by atoms with Gasteiger partial charge in [-0.15, -0.1) is 0 Å². The highest BCUT2D eigenvalue weighted by Gasteiger charge is 2.42. The summed E-state index contributed by atoms with van der Waals surface area (Å²) in [6, 6.07) is 0.176. The number of nitrogens with one attached hydrogen (secondary N) is 1. The van der Waals surface area contributed by atoms with Gasteiger partial charge in [-0.05, 0) is 46.0 Å². The first-order chi connectivity index (χ1) is 9.96. The molecule has 21 heavy (non-hydrogen) atoms. The minimum atomic E-state index is -1.07. The first kappa shape index (κ1) is 16.1. The maximum absolute atomic E-state index is 12.7. The summed E-state index contributed by atoms with van der Waals surface area (Å²) in [5.74, 6) is -0.880. The van der Waals surface area contributed by atoms with Crippen molar-refractivity contribution in [2.45, 2.75) is 89.3 Å². The van der Waals surface area contributed by atoms with Crippen molar-refractivity contribution >= 4 is 12.0 Å². The molecule has 1 aliphatic heterocycles. The number of likely N-dealkylation sites (tertiary alicyclic amines) is 1. The zero-order valence-electron chi connectivity index (χ0n) is 13.2. The van der Waals surface area contributed by atoms with Crippen molar-refractivity contribution in [3.8, 4) is 0 Å². The number of urea groups is 1. The SMILES string of the molecule is C[C@@H]1CCC[C@H](C)N1C(=O)NC1(C(=O)O)CCCCCC1. The van der Waals surface area contributed by atoms with Crippen LogP contribution in [0.4, 0.5) is 4.79 Å². The number of hydrogen-bond donors (Lipinski definition) is 2. The highest BCUT2D eigenvalue weighted by molar-refractivity contribution is 5.86. The second kappa shape index (κ2) is 6.67. The number of piperidine rings is 1. The van der Waals surface area contributed by atoms with Crippen molar-refractivity contribution < 1.29 is 14.7 Å². The molecule has 2 N–H and O–H groups in total. The van der Waals surface area contributed by atoms with Gasteiger partial charge in [0, 0.05) is 12.1 Å². The van der Waals surface area contributed by atoms with Crippen molar-refractivity contribution in [2.24, 2.45) is 0 Å². The number of carboxylic acid groups (broad SMARTS) is 1. The molecule has 0 aromatic carbocycles. The predicted octanol–water partition coefficient (Wildman–Crippen LogP) is 3.14. The molecule has 2 fully saturated rings. The molecule has 0 unspecified atom stereocenters. The van der Waals surface area contributed by atoms with E-state index in [0.717, 1.165) is 44.9 Å². The Labute approximate surface area is 127 Å². The van der Waals surface area contributed by atoms with Gasteiger partial charge in [0.15, 0.2) is 0 Å². The molecule has 2 rings (SSSR count). The van der Waals surface area contributed by atoms with E-state index < -0.39 is 11.5 Å². The van der Waals surface area contributed by atoms with Crippen LogP contribution in [0.25, 0.3) is 0 Å². The molecule has 0 bridgehead atoms. The van der Waals surface area contributed by atoms with E-state index in [1.807, 2.05) is 4.90 Å². The van der Waals surface area contributed by atoms with E-state index in [-0.39, 0.29) is 18.1 Å². The maximum atomic E-state index is 12.7. The van der Waals surface area contributed by atoms with Crippen LogP contribution >= 0.6 is 0 Å². The van der Waals surface area contributed by atoms with Gasteiger partial charge in [-0.1, -0.05) is 25.7 Å². The molecule has 120 valence electrons. The van der Waals surface area contributed by atoms with Crippen LogP contribution in [-0.2, 0) is 4.79 Å². The van der Waals surface area contributed by atoms with E-state index in [1.54, 1.807) is 0 Å². The van der Waals surface area contributed by atoms with Crippen molar-refractivity contribution in [2.75, 3.05) is 0 Å². The lowest BCUT2D eigenvalue weighted by Gasteiger charge is -2.41. The van der Waals surface area contributed by atoms with Crippen molar-refractivity contribution in [1.82, 2.24) is 10.2 Å². The molecule has 0 spiro atoms. The minimum absolute atomic E-state index is 0.186. The highest BCUT2D eigenvalue weighted by atomic mass is 16.4. The first-order valence-electron chi connectivity index (χ1n) is 8.30. The molecule has 5 nitrogen and oxygen atoms in total. The first-order valence-corrected chi connectivity index (χ1v) is 8.30. The molecule has 0 aromatic rings. The van der Waals surface area contributed by atoms with Gasteiger partial charge >= 0.3 is 12.0 Å². The van der Waals surface area contributed by atoms with Gasteiger partial charge in [0.2, 0.25) is 0 Å². The minimum Gasteiger partial charge on any atom is -0.480 e. The van der Waals surface area contributed by atoms with Gasteiger partial charge in [0.25, 0.3) is 0 Å². The lowest BCUT2D eigenvalue weighted by molar-refractivity contribution is -0.145. The second-order valence-electron chi connectivity index (χ2n) is 6.77. The van der Waals surface area contributed by atoms with Gasteiger partial charge in [0.1, 0.15) is 5.54 Å². The summed E-state index contributed by atoms with van der Waals surface area (Å²) in [5, 5.41) is 12.5. The van der Waals surface area contributed by atoms with Crippen LogP contribution in [0.2, 0.25) is 0 Å². The van der Waals surface area contributed by atoms with Crippen LogP contribution in [0.1, 0.15) is 71.6 Å². The van der Waals surface area contributed by atoms with Gasteiger partial charge in [-0.2, -0.15) is 0 Å². The van der Waals surface area contributed by atoms with Crippen LogP contribution in [0.15, 0.2) is 0 Å². The van der Waals surface area contributed by atoms with E-state index in [9.17, 15) is 14.7 Å². The zero-order chi connectivity index (χ0) is 15.5. The Balaban J connectivity index is 2.12. The third-order valence-electron chi connectivity index (χ3n) is 5.14. The van der Waals surface area contributed by atoms with Gasteiger partial charge in [-0.25, -0.2) is 9.59 Å². The normalized spacial score (nSPS) is 29.5. The van der Waals surface area contributed by atoms with Crippen molar-refractivity contribution in [3.63, 3.8) is 0 Å². The smallest absolute Gasteiger partial charge is 0.329 e. The van der Waals surface area contributed by atoms with Crippen LogP contribution in [0, 0.1) is 0 Å². The Bertz CT molecular complexity index is 379. The Morgan fingerprint density at radius 2 is 1.52 bits per heavy atom. The Hall–Kier alpha value is -1.26. The topological polar surface area (TPSA) is 69.6 Å². The lowest BCUT2D eigenvalue weighted by atomic mass is 9.90. The molecule has 1 saturated heterocycles. The number of amides is 2. The molecule has 1 saturated carbocycles. The zero-order valence-corrected chi connectivity index (χ0v) is 13.2. The summed E-state index contributed by atoms with van der Waals surface area (Å²) in [6.07, 6.45) is 8.08. The van der Waals surface area contributed by atoms with Crippen LogP contribution in [0.3, 0.4) is 0 Å². The third kappa shape index (κ3) is 3.50. The van der Waals surface area contributed by atoms with Crippen LogP contribution in [-0.4, -0.2) is 39.6 Å². The molecule has 1 heterocycles. The molecular weight excluding hydrogens is 268 g/mol. The quantitative estimate of drug-likeness (QED) is 0.769. The molecule has 2 amide bonds. The Morgan fingerprint density at radius 3 is 2.00 bits per heavy atom. The van der Waals surface area contributed by atoms with E-state index >= 15 is 0 Å². The number of aliphatic carboxylic acids is 1. The summed E-state index contributed by atoms with van der Waals surface area (Å²) in [5.41, 5.74) is -1.07. The van der Waals surface area contributed by atoms with Crippen molar-refractivity contribution in [3.05, 3.63) is 0 Å². The second-order valence-corrected chi connectivity index (χ2v) is 6.77. The molecule has 2 atom stereocenters. The van der Waals surface area contributed by atoms with E-state index in [0.29, 0.717) is 12.8 Å². The maximum Gasteiger partial charge on any atom is 0.329 e. The molecule has 0 aromatic heterocycles. The lowest BCUT2D eigenvalue weighted by Crippen LogP contribution is -2.61. The van der Waals surface area contributed by atoms with Crippen LogP contribution < -0.4 is 5.32 Å². The number of nitrogens with zero attached hydrogens (tertiary/aromatic N) is 1. The average Bonchev–Trinajstić information content (AvgIpc) is 2.65. The summed E-state index contributed by atoms with van der Waals surface area (Å²) < 4.78 is 0. The number of carbonyl (C=O) groups is 2. The molecule has 1 aliphatic carbocycles. The highest BCUT2D eigenvalue weighted by Crippen LogP contribution is 2.29. The monoisotopic (exact) mass is 296 g/mol. The molecule has 0 radical (unpaired) electrons. The fourth-order valence-corrected chi connectivity index (χ4v) is 3.82. The molecule has 2 aliphatic rings. The van der Waals surface area contributed by atoms with E-state index in [4.69, 9.17) is 0 Å². The summed E-state index contributed by atoms with van der Waals surface area (Å²) in [4.78, 5) is 26.3. The van der Waals surface area contributed by atoms with Gasteiger partial charge < -0.3 is 15.3 Å². The third-order valence-corrected chi connectivity index (χ3v) is 5.14. The van der Waals surface area contributed by atoms with Gasteiger partial charge in [-0.3, -0.25) is 0 Å². The molecular formula is C16H28N2O3. The van der Waals surface area contributed by atoms with Gasteiger partial charge in [0.05, 0.1) is 0 Å². The fraction of sp³-hybridized carbons (Fsp3) is 0.875. The Kier molecular flexibility index (Phi) is 5.12. The fourth-order valence-electron chi connectivity index (χ4n) is 3.82. The number of rotatable bonds is 2. The van der Waals surface area contributed by atoms with E-state index in [2.05, 4.69) is 19.2 Å². The number of hydrogen-bond acceptors (Lipinski definition) is 2. The summed E-state index contributed by atoms with van der Waals surface area (Å²) in [7, 11) is 0. The standard InChI is InChI=1S/C16H28N2O3/c1-12-8-7-9-13(2)18(12)15(21)17-16(14(19)20)10-5-3-4-6-11-16/h12-13H,3-11H2,1-2H3,(H,17,21)(H,19,20)/t12-,13+. The molecule has 5 heteroatoms. The average molecular weight is 296 g/mol. The van der Waals surface area contributed by atoms with Crippen molar-refractivity contribution in [1.29, 1.82) is 0 Å². The summed E-state index contributed by atoms with van der Waals surface area (Å²) >= 11 is 0. The van der Waals surface area contributed by atoms with Crippen LogP contribution in [0.5, 0.6) is 0 Å². The Morgan fingerprint density at radius 1 is 1.00 bits per heavy atom. The summed E-state index contributed by atoms with van der Waals surface area (Å²) in [6.45, 7) is 4.10.